The fraction of sp³-hybridized carbons (Fsp3) is 0.733. The van der Waals surface area contributed by atoms with Gasteiger partial charge in [0.25, 0.3) is 0 Å². The molecule has 5 aliphatic rings. The van der Waals surface area contributed by atoms with E-state index in [2.05, 4.69) is 91.0 Å². The zero-order valence-electron chi connectivity index (χ0n) is 43.6. The molecule has 8 nitrogen and oxygen atoms in total. The fourth-order valence-corrected chi connectivity index (χ4v) is 13.8. The molecular formula is C60H92O8. The van der Waals surface area contributed by atoms with Crippen molar-refractivity contribution in [3.05, 3.63) is 77.9 Å². The Hall–Kier alpha value is -3.20. The van der Waals surface area contributed by atoms with E-state index in [1.807, 2.05) is 0 Å². The van der Waals surface area contributed by atoms with E-state index >= 15 is 0 Å². The maximum absolute atomic E-state index is 13.8. The molecule has 0 spiro atoms. The summed E-state index contributed by atoms with van der Waals surface area (Å²) in [7, 11) is 1.55. The molecule has 1 saturated heterocycles. The van der Waals surface area contributed by atoms with Gasteiger partial charge in [-0.3, -0.25) is 4.79 Å². The van der Waals surface area contributed by atoms with E-state index in [0.29, 0.717) is 23.5 Å². The van der Waals surface area contributed by atoms with Crippen molar-refractivity contribution in [2.45, 2.75) is 214 Å². The molecule has 1 aromatic rings. The molecule has 8 heteroatoms. The molecule has 1 aliphatic heterocycles. The maximum Gasteiger partial charge on any atom is 0.338 e. The Labute approximate surface area is 412 Å². The number of aliphatic hydroxyl groups excluding tert-OH is 1. The number of carbonyl (C=O) groups excluding carboxylic acids is 2. The number of esters is 2. The molecule has 380 valence electrons. The minimum atomic E-state index is -1.18. The minimum absolute atomic E-state index is 0.0928. The van der Waals surface area contributed by atoms with Gasteiger partial charge in [-0.2, -0.15) is 0 Å². The van der Waals surface area contributed by atoms with Gasteiger partial charge in [0.15, 0.2) is 18.5 Å². The number of aliphatic hydroxyl groups is 1. The Morgan fingerprint density at radius 3 is 2.35 bits per heavy atom. The summed E-state index contributed by atoms with van der Waals surface area (Å²) in [5, 5.41) is 11.3. The van der Waals surface area contributed by atoms with Crippen molar-refractivity contribution < 1.29 is 38.4 Å². The van der Waals surface area contributed by atoms with Crippen LogP contribution in [-0.4, -0.2) is 61.5 Å². The van der Waals surface area contributed by atoms with Crippen molar-refractivity contribution in [3.63, 3.8) is 0 Å². The summed E-state index contributed by atoms with van der Waals surface area (Å²) in [6.07, 6.45) is 33.7. The van der Waals surface area contributed by atoms with Gasteiger partial charge in [-0.15, -0.1) is 0 Å². The molecule has 68 heavy (non-hydrogen) atoms. The highest BCUT2D eigenvalue weighted by Gasteiger charge is 2.59. The Morgan fingerprint density at radius 1 is 0.853 bits per heavy atom. The highest BCUT2D eigenvalue weighted by Crippen LogP contribution is 2.67. The van der Waals surface area contributed by atoms with E-state index in [0.717, 1.165) is 113 Å². The van der Waals surface area contributed by atoms with Crippen LogP contribution < -0.4 is 4.74 Å². The minimum Gasteiger partial charge on any atom is -0.497 e. The highest BCUT2D eigenvalue weighted by atomic mass is 16.7. The first-order chi connectivity index (χ1) is 32.8. The molecule has 1 N–H and O–H groups in total. The van der Waals surface area contributed by atoms with Crippen LogP contribution >= 0.6 is 0 Å². The number of hydrogen-bond acceptors (Lipinski definition) is 8. The molecule has 0 aromatic heterocycles. The van der Waals surface area contributed by atoms with Gasteiger partial charge in [0, 0.05) is 6.42 Å². The zero-order chi connectivity index (χ0) is 48.7. The number of benzene rings is 1. The van der Waals surface area contributed by atoms with Crippen LogP contribution in [0.4, 0.5) is 0 Å². The molecule has 3 saturated carbocycles. The third-order valence-electron chi connectivity index (χ3n) is 17.9. The zero-order valence-corrected chi connectivity index (χ0v) is 43.6. The van der Waals surface area contributed by atoms with Crippen molar-refractivity contribution in [1.29, 1.82) is 0 Å². The number of hydrogen-bond donors (Lipinski definition) is 1. The predicted molar refractivity (Wildman–Crippen MR) is 274 cm³/mol. The van der Waals surface area contributed by atoms with Crippen molar-refractivity contribution in [3.8, 4) is 5.75 Å². The first kappa shape index (κ1) is 54.1. The van der Waals surface area contributed by atoms with Gasteiger partial charge in [-0.25, -0.2) is 4.79 Å². The van der Waals surface area contributed by atoms with Crippen molar-refractivity contribution in [2.75, 3.05) is 13.7 Å². The lowest BCUT2D eigenvalue weighted by Crippen LogP contribution is -2.58. The maximum atomic E-state index is 13.8. The van der Waals surface area contributed by atoms with E-state index in [4.69, 9.17) is 23.7 Å². The van der Waals surface area contributed by atoms with E-state index in [1.54, 1.807) is 31.4 Å². The molecule has 1 aromatic carbocycles. The Bertz CT molecular complexity index is 1850. The normalized spacial score (nSPS) is 32.4. The van der Waals surface area contributed by atoms with Gasteiger partial charge in [0.2, 0.25) is 0 Å². The SMILES string of the molecule is CCC=CCC=CCC=CCCCCCCCC(=O)OC1C(O)COC(OC2CCC3(C)C(=CCC4C3CCC3(C)C(C(C)CCC(CC)C(C)C)CCC43)C2)C1OC(=O)c1cccc(OC)c1. The highest BCUT2D eigenvalue weighted by molar-refractivity contribution is 5.90. The monoisotopic (exact) mass is 941 g/mol. The van der Waals surface area contributed by atoms with Crippen LogP contribution in [0.25, 0.3) is 0 Å². The number of allylic oxidation sites excluding steroid dienone is 7. The van der Waals surface area contributed by atoms with Crippen LogP contribution in [0.3, 0.4) is 0 Å². The number of fused-ring (bicyclic) bond motifs is 5. The molecule has 4 aliphatic carbocycles. The van der Waals surface area contributed by atoms with Gasteiger partial charge >= 0.3 is 11.9 Å². The predicted octanol–water partition coefficient (Wildman–Crippen LogP) is 14.5. The van der Waals surface area contributed by atoms with Crippen LogP contribution in [0.1, 0.15) is 194 Å². The van der Waals surface area contributed by atoms with Crippen LogP contribution in [0.2, 0.25) is 0 Å². The van der Waals surface area contributed by atoms with E-state index in [9.17, 15) is 14.7 Å². The topological polar surface area (TPSA) is 101 Å². The molecule has 13 unspecified atom stereocenters. The molecule has 1 heterocycles. The Kier molecular flexibility index (Phi) is 20.9. The Morgan fingerprint density at radius 2 is 1.60 bits per heavy atom. The third kappa shape index (κ3) is 13.8. The lowest BCUT2D eigenvalue weighted by Gasteiger charge is -2.58. The molecule has 0 amide bonds. The summed E-state index contributed by atoms with van der Waals surface area (Å²) in [5.74, 6) is 4.89. The number of ether oxygens (including phenoxy) is 5. The first-order valence-corrected chi connectivity index (χ1v) is 27.5. The van der Waals surface area contributed by atoms with Crippen molar-refractivity contribution in [1.82, 2.24) is 0 Å². The molecule has 0 bridgehead atoms. The number of carbonyl (C=O) groups is 2. The van der Waals surface area contributed by atoms with E-state index < -0.39 is 36.5 Å². The second kappa shape index (κ2) is 26.3. The summed E-state index contributed by atoms with van der Waals surface area (Å²) >= 11 is 0. The number of methoxy groups -OCH3 is 1. The lowest BCUT2D eigenvalue weighted by atomic mass is 9.47. The first-order valence-electron chi connectivity index (χ1n) is 27.5. The summed E-state index contributed by atoms with van der Waals surface area (Å²) < 4.78 is 30.6. The van der Waals surface area contributed by atoms with Gasteiger partial charge in [-0.05, 0) is 167 Å². The second-order valence-electron chi connectivity index (χ2n) is 22.4. The van der Waals surface area contributed by atoms with E-state index in [1.165, 1.54) is 50.5 Å². The Balaban J connectivity index is 1.04. The van der Waals surface area contributed by atoms with Crippen LogP contribution in [0.5, 0.6) is 5.75 Å². The fourth-order valence-electron chi connectivity index (χ4n) is 13.8. The third-order valence-corrected chi connectivity index (χ3v) is 17.9. The molecule has 0 radical (unpaired) electrons. The van der Waals surface area contributed by atoms with Crippen LogP contribution in [0, 0.1) is 52.3 Å². The number of rotatable bonds is 25. The largest absolute Gasteiger partial charge is 0.497 e. The van der Waals surface area contributed by atoms with E-state index in [-0.39, 0.29) is 30.1 Å². The average Bonchev–Trinajstić information content (AvgIpc) is 3.69. The second-order valence-corrected chi connectivity index (χ2v) is 22.4. The quantitative estimate of drug-likeness (QED) is 0.0588. The summed E-state index contributed by atoms with van der Waals surface area (Å²) in [5.41, 5.74) is 2.36. The van der Waals surface area contributed by atoms with Gasteiger partial charge < -0.3 is 28.8 Å². The van der Waals surface area contributed by atoms with Gasteiger partial charge in [-0.1, -0.05) is 135 Å². The van der Waals surface area contributed by atoms with Crippen molar-refractivity contribution >= 4 is 11.9 Å². The lowest BCUT2D eigenvalue weighted by molar-refractivity contribution is -0.286. The molecule has 4 fully saturated rings. The van der Waals surface area contributed by atoms with Gasteiger partial charge in [0.05, 0.1) is 25.4 Å². The van der Waals surface area contributed by atoms with Gasteiger partial charge in [0.1, 0.15) is 11.9 Å². The van der Waals surface area contributed by atoms with Crippen molar-refractivity contribution in [2.24, 2.45) is 52.3 Å². The average molecular weight is 941 g/mol. The van der Waals surface area contributed by atoms with Crippen LogP contribution in [0.15, 0.2) is 72.4 Å². The summed E-state index contributed by atoms with van der Waals surface area (Å²) in [6.45, 7) is 17.0. The molecular weight excluding hydrogens is 849 g/mol. The molecule has 13 atom stereocenters. The molecule has 6 rings (SSSR count). The summed E-state index contributed by atoms with van der Waals surface area (Å²) in [6, 6.07) is 6.76. The summed E-state index contributed by atoms with van der Waals surface area (Å²) in [4.78, 5) is 27.2. The number of unbranched alkanes of at least 4 members (excludes halogenated alkanes) is 5. The smallest absolute Gasteiger partial charge is 0.338 e. The standard InChI is InChI=1S/C60H92O8/c1-9-11-12-13-14-15-16-17-18-19-20-21-22-23-24-28-54(62)67-55-53(61)41-65-58(56(55)68-57(63)45-26-25-27-47(39-45)64-8)66-48-35-37-59(6)46(40-48)31-32-49-51-34-33-50(60(51,7)38-36-52(49)59)43(5)29-30-44(10-2)42(3)4/h11-12,14-15,17-18,25-27,31,39,42-44,48-53,55-56,58,61H,9-10,13,16,19-24,28-30,32-38,40-41H2,1-8H3. The van der Waals surface area contributed by atoms with Crippen LogP contribution in [-0.2, 0) is 23.7 Å².